The standard InChI is InChI=1S/C15H26/c1-10-12(14(2,3)4)8-7-11-9-13(10)15(11,5)6/h7-8,10-13H,9H2,1-6H3. The van der Waals surface area contributed by atoms with Gasteiger partial charge in [-0.15, -0.1) is 0 Å². The fraction of sp³-hybridized carbons (Fsp3) is 0.867. The topological polar surface area (TPSA) is 0 Å². The zero-order chi connectivity index (χ0) is 11.4. The summed E-state index contributed by atoms with van der Waals surface area (Å²) in [5.74, 6) is 3.38. The first-order chi connectivity index (χ1) is 6.74. The van der Waals surface area contributed by atoms with E-state index in [1.165, 1.54) is 6.42 Å². The Labute approximate surface area is 95.1 Å². The molecule has 0 spiro atoms. The summed E-state index contributed by atoms with van der Waals surface area (Å²) >= 11 is 0. The van der Waals surface area contributed by atoms with Crippen molar-refractivity contribution in [1.82, 2.24) is 0 Å². The Kier molecular flexibility index (Phi) is 2.34. The fourth-order valence-electron chi connectivity index (χ4n) is 3.97. The third-order valence-corrected chi connectivity index (χ3v) is 5.17. The molecule has 0 radical (unpaired) electrons. The average molecular weight is 206 g/mol. The van der Waals surface area contributed by atoms with Gasteiger partial charge in [0.2, 0.25) is 0 Å². The third-order valence-electron chi connectivity index (χ3n) is 5.17. The molecule has 0 aromatic heterocycles. The highest BCUT2D eigenvalue weighted by atomic mass is 14.6. The molecule has 3 aliphatic carbocycles. The fourth-order valence-corrected chi connectivity index (χ4v) is 3.97. The minimum Gasteiger partial charge on any atom is -0.0846 e. The second-order valence-electron chi connectivity index (χ2n) is 7.41. The van der Waals surface area contributed by atoms with Gasteiger partial charge in [0.05, 0.1) is 0 Å². The molecule has 0 aliphatic heterocycles. The van der Waals surface area contributed by atoms with Crippen molar-refractivity contribution in [2.75, 3.05) is 0 Å². The zero-order valence-corrected chi connectivity index (χ0v) is 11.2. The summed E-state index contributed by atoms with van der Waals surface area (Å²) in [4.78, 5) is 0. The molecule has 0 amide bonds. The van der Waals surface area contributed by atoms with E-state index in [1.54, 1.807) is 0 Å². The van der Waals surface area contributed by atoms with Gasteiger partial charge in [0.15, 0.2) is 0 Å². The van der Waals surface area contributed by atoms with Crippen LogP contribution in [0.15, 0.2) is 12.2 Å². The van der Waals surface area contributed by atoms with Crippen LogP contribution in [0.1, 0.15) is 48.0 Å². The summed E-state index contributed by atoms with van der Waals surface area (Å²) in [6, 6.07) is 0. The highest BCUT2D eigenvalue weighted by Crippen LogP contribution is 2.60. The van der Waals surface area contributed by atoms with Crippen molar-refractivity contribution in [2.24, 2.45) is 34.5 Å². The van der Waals surface area contributed by atoms with Crippen molar-refractivity contribution >= 4 is 0 Å². The average Bonchev–Trinajstić information content (AvgIpc) is 2.28. The van der Waals surface area contributed by atoms with Crippen molar-refractivity contribution in [2.45, 2.75) is 48.0 Å². The van der Waals surface area contributed by atoms with Crippen LogP contribution in [0.3, 0.4) is 0 Å². The van der Waals surface area contributed by atoms with E-state index in [2.05, 4.69) is 53.7 Å². The maximum absolute atomic E-state index is 2.52. The van der Waals surface area contributed by atoms with Crippen LogP contribution in [0.5, 0.6) is 0 Å². The molecule has 0 nitrogen and oxygen atoms in total. The normalized spacial score (nSPS) is 43.3. The summed E-state index contributed by atoms with van der Waals surface area (Å²) in [6.07, 6.45) is 6.46. The lowest BCUT2D eigenvalue weighted by Crippen LogP contribution is -2.47. The summed E-state index contributed by atoms with van der Waals surface area (Å²) < 4.78 is 0. The first-order valence-corrected chi connectivity index (χ1v) is 6.43. The van der Waals surface area contributed by atoms with E-state index < -0.39 is 0 Å². The summed E-state index contributed by atoms with van der Waals surface area (Å²) in [6.45, 7) is 14.5. The Bertz CT molecular complexity index is 277. The van der Waals surface area contributed by atoms with Crippen LogP contribution in [-0.4, -0.2) is 0 Å². The Morgan fingerprint density at radius 1 is 1.13 bits per heavy atom. The van der Waals surface area contributed by atoms with Gasteiger partial charge in [0.1, 0.15) is 0 Å². The van der Waals surface area contributed by atoms with Gasteiger partial charge >= 0.3 is 0 Å². The van der Waals surface area contributed by atoms with E-state index in [4.69, 9.17) is 0 Å². The molecule has 1 saturated carbocycles. The van der Waals surface area contributed by atoms with Crippen molar-refractivity contribution in [3.63, 3.8) is 0 Å². The Hall–Kier alpha value is -0.260. The van der Waals surface area contributed by atoms with E-state index in [9.17, 15) is 0 Å². The van der Waals surface area contributed by atoms with Gasteiger partial charge in [-0.3, -0.25) is 0 Å². The van der Waals surface area contributed by atoms with Gasteiger partial charge in [-0.2, -0.15) is 0 Å². The molecule has 0 heterocycles. The van der Waals surface area contributed by atoms with Crippen molar-refractivity contribution < 1.29 is 0 Å². The Morgan fingerprint density at radius 3 is 2.20 bits per heavy atom. The second kappa shape index (κ2) is 3.12. The van der Waals surface area contributed by atoms with E-state index in [1.807, 2.05) is 0 Å². The first kappa shape index (κ1) is 11.2. The van der Waals surface area contributed by atoms with E-state index >= 15 is 0 Å². The quantitative estimate of drug-likeness (QED) is 0.511. The van der Waals surface area contributed by atoms with Crippen LogP contribution >= 0.6 is 0 Å². The molecule has 0 aromatic carbocycles. The molecule has 15 heavy (non-hydrogen) atoms. The lowest BCUT2D eigenvalue weighted by Gasteiger charge is -2.54. The molecule has 86 valence electrons. The summed E-state index contributed by atoms with van der Waals surface area (Å²) in [5, 5.41) is 0. The SMILES string of the molecule is CC1C(C(C)(C)C)C=CC2CC1C2(C)C. The smallest absolute Gasteiger partial charge is 0.0156 e. The third kappa shape index (κ3) is 1.57. The van der Waals surface area contributed by atoms with Crippen molar-refractivity contribution in [1.29, 1.82) is 0 Å². The second-order valence-corrected chi connectivity index (χ2v) is 7.41. The largest absolute Gasteiger partial charge is 0.0846 e. The van der Waals surface area contributed by atoms with Gasteiger partial charge in [-0.1, -0.05) is 53.7 Å². The molecule has 1 fully saturated rings. The number of allylic oxidation sites excluding steroid dienone is 2. The molecule has 0 aromatic rings. The van der Waals surface area contributed by atoms with Crippen LogP contribution in [0.4, 0.5) is 0 Å². The Balaban J connectivity index is 2.28. The monoisotopic (exact) mass is 206 g/mol. The van der Waals surface area contributed by atoms with Crippen LogP contribution < -0.4 is 0 Å². The molecule has 0 saturated heterocycles. The van der Waals surface area contributed by atoms with Gasteiger partial charge in [0, 0.05) is 0 Å². The minimum atomic E-state index is 0.420. The highest BCUT2D eigenvalue weighted by molar-refractivity contribution is 5.15. The highest BCUT2D eigenvalue weighted by Gasteiger charge is 2.52. The van der Waals surface area contributed by atoms with Crippen molar-refractivity contribution in [3.05, 3.63) is 12.2 Å². The van der Waals surface area contributed by atoms with Gasteiger partial charge in [0.25, 0.3) is 0 Å². The molecule has 3 rings (SSSR count). The lowest BCUT2D eigenvalue weighted by molar-refractivity contribution is -0.0409. The maximum atomic E-state index is 2.52. The zero-order valence-electron chi connectivity index (χ0n) is 11.2. The lowest BCUT2D eigenvalue weighted by atomic mass is 9.51. The molecule has 3 aliphatic rings. The van der Waals surface area contributed by atoms with Crippen LogP contribution in [0.25, 0.3) is 0 Å². The summed E-state index contributed by atoms with van der Waals surface area (Å²) in [5.41, 5.74) is 0.972. The number of hydrogen-bond donors (Lipinski definition) is 0. The molecule has 4 atom stereocenters. The van der Waals surface area contributed by atoms with Crippen LogP contribution in [0.2, 0.25) is 0 Å². The predicted molar refractivity (Wildman–Crippen MR) is 66.6 cm³/mol. The van der Waals surface area contributed by atoms with Gasteiger partial charge in [-0.25, -0.2) is 0 Å². The first-order valence-electron chi connectivity index (χ1n) is 6.43. The number of hydrogen-bond acceptors (Lipinski definition) is 0. The van der Waals surface area contributed by atoms with Crippen LogP contribution in [-0.2, 0) is 0 Å². The minimum absolute atomic E-state index is 0.420. The molecule has 0 N–H and O–H groups in total. The van der Waals surface area contributed by atoms with Crippen LogP contribution in [0, 0.1) is 34.5 Å². The maximum Gasteiger partial charge on any atom is -0.0156 e. The molecule has 2 bridgehead atoms. The predicted octanol–water partition coefficient (Wildman–Crippen LogP) is 4.52. The number of rotatable bonds is 0. The van der Waals surface area contributed by atoms with Crippen molar-refractivity contribution in [3.8, 4) is 0 Å². The molecule has 0 heteroatoms. The van der Waals surface area contributed by atoms with E-state index in [-0.39, 0.29) is 0 Å². The van der Waals surface area contributed by atoms with E-state index in [0.717, 1.165) is 23.7 Å². The Morgan fingerprint density at radius 2 is 1.73 bits per heavy atom. The summed E-state index contributed by atoms with van der Waals surface area (Å²) in [7, 11) is 0. The molecular formula is C15H26. The number of fused-ring (bicyclic) bond motifs is 2. The molecular weight excluding hydrogens is 180 g/mol. The van der Waals surface area contributed by atoms with E-state index in [0.29, 0.717) is 10.8 Å². The molecule has 4 unspecified atom stereocenters. The van der Waals surface area contributed by atoms with Gasteiger partial charge in [-0.05, 0) is 40.9 Å². The van der Waals surface area contributed by atoms with Gasteiger partial charge < -0.3 is 0 Å².